The summed E-state index contributed by atoms with van der Waals surface area (Å²) < 4.78 is 7.65. The second-order valence-electron chi connectivity index (χ2n) is 4.62. The second kappa shape index (κ2) is 4.08. The van der Waals surface area contributed by atoms with Crippen LogP contribution in [0.5, 0.6) is 0 Å². The molecule has 98 valence electrons. The highest BCUT2D eigenvalue weighted by Crippen LogP contribution is 2.32. The van der Waals surface area contributed by atoms with Gasteiger partial charge in [0.1, 0.15) is 16.4 Å². The van der Waals surface area contributed by atoms with E-state index in [2.05, 4.69) is 10.1 Å². The second-order valence-corrected chi connectivity index (χ2v) is 5.01. The molecule has 0 saturated carbocycles. The Morgan fingerprint density at radius 2 is 2.00 bits per heavy atom. The molecule has 4 nitrogen and oxygen atoms in total. The predicted molar refractivity (Wildman–Crippen MR) is 77.9 cm³/mol. The van der Waals surface area contributed by atoms with Crippen LogP contribution in [0.1, 0.15) is 5.56 Å². The van der Waals surface area contributed by atoms with Gasteiger partial charge in [-0.15, -0.1) is 0 Å². The first kappa shape index (κ1) is 11.5. The number of furan rings is 1. The molecule has 0 radical (unpaired) electrons. The summed E-state index contributed by atoms with van der Waals surface area (Å²) in [5.41, 5.74) is 3.47. The van der Waals surface area contributed by atoms with E-state index in [-0.39, 0.29) is 0 Å². The van der Waals surface area contributed by atoms with E-state index in [1.807, 2.05) is 37.3 Å². The van der Waals surface area contributed by atoms with Gasteiger partial charge in [-0.1, -0.05) is 29.8 Å². The van der Waals surface area contributed by atoms with Crippen molar-refractivity contribution in [3.05, 3.63) is 53.3 Å². The maximum Gasteiger partial charge on any atom is 0.158 e. The monoisotopic (exact) mass is 283 g/mol. The summed E-state index contributed by atoms with van der Waals surface area (Å²) in [6, 6.07) is 11.5. The molecule has 20 heavy (non-hydrogen) atoms. The van der Waals surface area contributed by atoms with Gasteiger partial charge in [-0.3, -0.25) is 0 Å². The minimum absolute atomic E-state index is 0.422. The molecule has 0 fully saturated rings. The van der Waals surface area contributed by atoms with Crippen molar-refractivity contribution in [2.75, 3.05) is 0 Å². The summed E-state index contributed by atoms with van der Waals surface area (Å²) in [4.78, 5) is 4.33. The molecular formula is C15H10ClN3O. The number of fused-ring (bicyclic) bond motifs is 2. The molecule has 4 aromatic rings. The van der Waals surface area contributed by atoms with E-state index in [0.29, 0.717) is 5.15 Å². The summed E-state index contributed by atoms with van der Waals surface area (Å²) in [5, 5.41) is 5.80. The Labute approximate surface area is 119 Å². The van der Waals surface area contributed by atoms with E-state index in [1.165, 1.54) is 0 Å². The molecule has 0 amide bonds. The van der Waals surface area contributed by atoms with Crippen molar-refractivity contribution < 1.29 is 4.42 Å². The lowest BCUT2D eigenvalue weighted by Gasteiger charge is -1.99. The number of benzene rings is 1. The van der Waals surface area contributed by atoms with Crippen molar-refractivity contribution in [2.45, 2.75) is 6.92 Å². The number of imidazole rings is 1. The highest BCUT2D eigenvalue weighted by molar-refractivity contribution is 6.29. The first-order valence-corrected chi connectivity index (χ1v) is 6.60. The van der Waals surface area contributed by atoms with Gasteiger partial charge in [0.2, 0.25) is 0 Å². The van der Waals surface area contributed by atoms with Crippen LogP contribution >= 0.6 is 11.6 Å². The fraction of sp³-hybridized carbons (Fsp3) is 0.0667. The molecular weight excluding hydrogens is 274 g/mol. The molecule has 0 unspecified atom stereocenters. The fourth-order valence-corrected chi connectivity index (χ4v) is 2.56. The van der Waals surface area contributed by atoms with Crippen LogP contribution in [0.3, 0.4) is 0 Å². The van der Waals surface area contributed by atoms with Gasteiger partial charge in [-0.05, 0) is 25.1 Å². The van der Waals surface area contributed by atoms with Gasteiger partial charge < -0.3 is 4.42 Å². The third kappa shape index (κ3) is 1.55. The van der Waals surface area contributed by atoms with Crippen molar-refractivity contribution in [3.8, 4) is 11.5 Å². The fourth-order valence-electron chi connectivity index (χ4n) is 2.42. The zero-order valence-electron chi connectivity index (χ0n) is 10.7. The third-order valence-electron chi connectivity index (χ3n) is 3.41. The Bertz CT molecular complexity index is 939. The van der Waals surface area contributed by atoms with Crippen LogP contribution in [0.15, 0.2) is 47.0 Å². The standard InChI is InChI=1S/C15H10ClN3O/c1-9-10-4-2-3-5-12(10)20-15(9)11-8-17-14-7-6-13(16)18-19(11)14/h2-8H,1H3. The molecule has 3 aromatic heterocycles. The molecule has 4 rings (SSSR count). The highest BCUT2D eigenvalue weighted by Gasteiger charge is 2.16. The van der Waals surface area contributed by atoms with Crippen LogP contribution in [0.25, 0.3) is 28.1 Å². The first-order chi connectivity index (χ1) is 9.74. The van der Waals surface area contributed by atoms with Gasteiger partial charge in [0.25, 0.3) is 0 Å². The Hall–Kier alpha value is -2.33. The van der Waals surface area contributed by atoms with E-state index >= 15 is 0 Å². The minimum Gasteiger partial charge on any atom is -0.454 e. The molecule has 0 aliphatic carbocycles. The van der Waals surface area contributed by atoms with Crippen molar-refractivity contribution >= 4 is 28.2 Å². The number of hydrogen-bond donors (Lipinski definition) is 0. The first-order valence-electron chi connectivity index (χ1n) is 6.23. The third-order valence-corrected chi connectivity index (χ3v) is 3.61. The SMILES string of the molecule is Cc1c(-c2cnc3ccc(Cl)nn23)oc2ccccc12. The van der Waals surface area contributed by atoms with Crippen molar-refractivity contribution in [1.29, 1.82) is 0 Å². The molecule has 0 aliphatic rings. The molecule has 0 atom stereocenters. The highest BCUT2D eigenvalue weighted by atomic mass is 35.5. The van der Waals surface area contributed by atoms with E-state index in [4.69, 9.17) is 16.0 Å². The lowest BCUT2D eigenvalue weighted by Crippen LogP contribution is -1.94. The van der Waals surface area contributed by atoms with Gasteiger partial charge >= 0.3 is 0 Å². The van der Waals surface area contributed by atoms with Crippen LogP contribution < -0.4 is 0 Å². The van der Waals surface area contributed by atoms with E-state index < -0.39 is 0 Å². The Kier molecular flexibility index (Phi) is 2.35. The Morgan fingerprint density at radius 3 is 2.85 bits per heavy atom. The molecule has 0 aliphatic heterocycles. The van der Waals surface area contributed by atoms with E-state index in [9.17, 15) is 0 Å². The number of hydrogen-bond acceptors (Lipinski definition) is 3. The largest absolute Gasteiger partial charge is 0.454 e. The number of aromatic nitrogens is 3. The van der Waals surface area contributed by atoms with Gasteiger partial charge in [-0.2, -0.15) is 5.10 Å². The number of halogens is 1. The Balaban J connectivity index is 2.06. The molecule has 1 aromatic carbocycles. The van der Waals surface area contributed by atoms with Gasteiger partial charge in [0.05, 0.1) is 6.20 Å². The zero-order valence-corrected chi connectivity index (χ0v) is 11.4. The predicted octanol–water partition coefficient (Wildman–Crippen LogP) is 4.10. The molecule has 5 heteroatoms. The van der Waals surface area contributed by atoms with Gasteiger partial charge in [-0.25, -0.2) is 9.50 Å². The van der Waals surface area contributed by atoms with Crippen LogP contribution in [0, 0.1) is 6.92 Å². The molecule has 0 N–H and O–H groups in total. The van der Waals surface area contributed by atoms with Crippen molar-refractivity contribution in [1.82, 2.24) is 14.6 Å². The van der Waals surface area contributed by atoms with Crippen molar-refractivity contribution in [2.24, 2.45) is 0 Å². The minimum atomic E-state index is 0.422. The summed E-state index contributed by atoms with van der Waals surface area (Å²) in [7, 11) is 0. The van der Waals surface area contributed by atoms with E-state index in [0.717, 1.165) is 33.6 Å². The average Bonchev–Trinajstić information content (AvgIpc) is 3.00. The number of nitrogens with zero attached hydrogens (tertiary/aromatic N) is 3. The number of aryl methyl sites for hydroxylation is 1. The lowest BCUT2D eigenvalue weighted by atomic mass is 10.1. The normalized spacial score (nSPS) is 11.5. The molecule has 0 saturated heterocycles. The zero-order chi connectivity index (χ0) is 13.7. The van der Waals surface area contributed by atoms with Gasteiger partial charge in [0, 0.05) is 10.9 Å². The molecule has 0 spiro atoms. The number of rotatable bonds is 1. The van der Waals surface area contributed by atoms with Crippen LogP contribution in [0.2, 0.25) is 5.15 Å². The van der Waals surface area contributed by atoms with Crippen LogP contribution in [-0.4, -0.2) is 14.6 Å². The van der Waals surface area contributed by atoms with Crippen LogP contribution in [0.4, 0.5) is 0 Å². The van der Waals surface area contributed by atoms with Crippen LogP contribution in [-0.2, 0) is 0 Å². The maximum atomic E-state index is 5.96. The average molecular weight is 284 g/mol. The van der Waals surface area contributed by atoms with Gasteiger partial charge in [0.15, 0.2) is 11.4 Å². The van der Waals surface area contributed by atoms with E-state index in [1.54, 1.807) is 16.8 Å². The lowest BCUT2D eigenvalue weighted by molar-refractivity contribution is 0.623. The van der Waals surface area contributed by atoms with Crippen molar-refractivity contribution in [3.63, 3.8) is 0 Å². The quantitative estimate of drug-likeness (QED) is 0.528. The summed E-state index contributed by atoms with van der Waals surface area (Å²) >= 11 is 5.96. The topological polar surface area (TPSA) is 43.3 Å². The maximum absolute atomic E-state index is 5.96. The Morgan fingerprint density at radius 1 is 1.15 bits per heavy atom. The molecule has 3 heterocycles. The molecule has 0 bridgehead atoms. The smallest absolute Gasteiger partial charge is 0.158 e. The number of para-hydroxylation sites is 1. The summed E-state index contributed by atoms with van der Waals surface area (Å²) in [5.74, 6) is 0.772. The summed E-state index contributed by atoms with van der Waals surface area (Å²) in [6.45, 7) is 2.03. The summed E-state index contributed by atoms with van der Waals surface area (Å²) in [6.07, 6.45) is 1.75.